The van der Waals surface area contributed by atoms with E-state index in [1.54, 1.807) is 0 Å². The van der Waals surface area contributed by atoms with Crippen molar-refractivity contribution in [2.24, 2.45) is 0 Å². The lowest BCUT2D eigenvalue weighted by molar-refractivity contribution is -0.699. The number of pyridine rings is 2. The molecule has 0 aliphatic heterocycles. The lowest BCUT2D eigenvalue weighted by Gasteiger charge is -2.12. The maximum atomic E-state index is 5.77. The van der Waals surface area contributed by atoms with Gasteiger partial charge in [0.15, 0.2) is 37.9 Å². The van der Waals surface area contributed by atoms with Crippen molar-refractivity contribution in [3.05, 3.63) is 97.6 Å². The second-order valence-electron chi connectivity index (χ2n) is 9.76. The molecule has 0 atom stereocenters. The Bertz CT molecular complexity index is 1150. The van der Waals surface area contributed by atoms with Gasteiger partial charge in [0.05, 0.1) is 13.2 Å². The van der Waals surface area contributed by atoms with Gasteiger partial charge in [-0.05, 0) is 46.5 Å². The van der Waals surface area contributed by atoms with Crippen molar-refractivity contribution in [2.45, 2.75) is 13.1 Å². The van der Waals surface area contributed by atoms with Gasteiger partial charge >= 0.3 is 0 Å². The van der Waals surface area contributed by atoms with Crippen LogP contribution in [0, 0.1) is 0 Å². The molecule has 0 bridgehead atoms. The van der Waals surface area contributed by atoms with Crippen LogP contribution in [-0.2, 0) is 22.6 Å². The van der Waals surface area contributed by atoms with Crippen molar-refractivity contribution in [2.75, 3.05) is 64.4 Å². The van der Waals surface area contributed by atoms with Crippen LogP contribution >= 0.6 is 0 Å². The van der Waals surface area contributed by atoms with E-state index in [2.05, 4.69) is 145 Å². The molecule has 0 fully saturated rings. The summed E-state index contributed by atoms with van der Waals surface area (Å²) in [6, 6.07) is 25.8. The molecule has 0 unspecified atom stereocenters. The Kier molecular flexibility index (Phi) is 14.3. The van der Waals surface area contributed by atoms with Crippen molar-refractivity contribution >= 4 is 11.4 Å². The smallest absolute Gasteiger partial charge is 0.171 e. The third-order valence-corrected chi connectivity index (χ3v) is 6.58. The number of aromatic nitrogens is 2. The first-order valence-electron chi connectivity index (χ1n) is 13.2. The number of anilines is 2. The molecule has 0 N–H and O–H groups in total. The molecule has 2 aromatic carbocycles. The van der Waals surface area contributed by atoms with E-state index < -0.39 is 0 Å². The fourth-order valence-corrected chi connectivity index (χ4v) is 4.16. The average molecular weight is 673 g/mol. The van der Waals surface area contributed by atoms with Gasteiger partial charge in [0.2, 0.25) is 0 Å². The van der Waals surface area contributed by atoms with Crippen molar-refractivity contribution in [3.8, 4) is 22.3 Å². The minimum absolute atomic E-state index is 0. The van der Waals surface area contributed by atoms with Crippen LogP contribution in [0.15, 0.2) is 97.6 Å². The Morgan fingerprint density at radius 2 is 0.750 bits per heavy atom. The predicted molar refractivity (Wildman–Crippen MR) is 154 cm³/mol. The normalized spacial score (nSPS) is 10.4. The lowest BCUT2D eigenvalue weighted by atomic mass is 10.1. The summed E-state index contributed by atoms with van der Waals surface area (Å²) in [5.74, 6) is 0. The Morgan fingerprint density at radius 1 is 0.450 bits per heavy atom. The molecule has 0 saturated carbocycles. The van der Waals surface area contributed by atoms with Crippen LogP contribution < -0.4 is 52.9 Å². The van der Waals surface area contributed by atoms with Gasteiger partial charge in [-0.25, -0.2) is 9.13 Å². The van der Waals surface area contributed by atoms with Gasteiger partial charge in [-0.3, -0.25) is 0 Å². The first kappa shape index (κ1) is 33.4. The maximum Gasteiger partial charge on any atom is 0.171 e. The summed E-state index contributed by atoms with van der Waals surface area (Å²) in [7, 11) is 8.22. The van der Waals surface area contributed by atoms with Crippen molar-refractivity contribution in [1.29, 1.82) is 0 Å². The summed E-state index contributed by atoms with van der Waals surface area (Å²) in [5, 5.41) is 0. The lowest BCUT2D eigenvalue weighted by Crippen LogP contribution is -3.00. The van der Waals surface area contributed by atoms with Crippen LogP contribution in [0.25, 0.3) is 22.3 Å². The molecule has 2 heterocycles. The SMILES string of the molecule is CN(C)c1ccc(-c2cc[n+](CCOCCOCC[n+]3ccc(-c4ccc(N(C)C)cc4)cc3)cc2)cc1.[Br-].[Br-]. The van der Waals surface area contributed by atoms with E-state index in [4.69, 9.17) is 9.47 Å². The molecular formula is C32H40Br2N4O2. The summed E-state index contributed by atoms with van der Waals surface area (Å²) in [4.78, 5) is 4.22. The van der Waals surface area contributed by atoms with E-state index >= 15 is 0 Å². The minimum atomic E-state index is 0. The van der Waals surface area contributed by atoms with E-state index in [1.165, 1.54) is 33.6 Å². The molecule has 6 nitrogen and oxygen atoms in total. The van der Waals surface area contributed by atoms with Crippen LogP contribution in [0.2, 0.25) is 0 Å². The second-order valence-corrected chi connectivity index (χ2v) is 9.76. The maximum absolute atomic E-state index is 5.77. The fourth-order valence-electron chi connectivity index (χ4n) is 4.16. The zero-order valence-electron chi connectivity index (χ0n) is 23.8. The molecule has 0 saturated heterocycles. The quantitative estimate of drug-likeness (QED) is 0.128. The second kappa shape index (κ2) is 17.1. The first-order valence-corrected chi connectivity index (χ1v) is 13.2. The van der Waals surface area contributed by atoms with Gasteiger partial charge in [0, 0.05) is 63.8 Å². The number of benzene rings is 2. The number of nitrogens with zero attached hydrogens (tertiary/aromatic N) is 4. The van der Waals surface area contributed by atoms with Crippen LogP contribution in [0.3, 0.4) is 0 Å². The Labute approximate surface area is 260 Å². The highest BCUT2D eigenvalue weighted by molar-refractivity contribution is 5.66. The van der Waals surface area contributed by atoms with Gasteiger partial charge in [-0.1, -0.05) is 24.3 Å². The van der Waals surface area contributed by atoms with E-state index in [1.807, 2.05) is 0 Å². The summed E-state index contributed by atoms with van der Waals surface area (Å²) in [5.41, 5.74) is 7.28. The van der Waals surface area contributed by atoms with Gasteiger partial charge in [0.25, 0.3) is 0 Å². The monoisotopic (exact) mass is 670 g/mol. The summed E-state index contributed by atoms with van der Waals surface area (Å²) in [6.45, 7) is 4.17. The molecule has 40 heavy (non-hydrogen) atoms. The van der Waals surface area contributed by atoms with Crippen LogP contribution in [-0.4, -0.2) is 54.6 Å². The van der Waals surface area contributed by atoms with Gasteiger partial charge in [-0.15, -0.1) is 0 Å². The standard InChI is InChI=1S/C32H40N4O2.2BrH/c1-33(2)31-9-5-27(6-10-31)29-13-17-35(18-14-29)21-23-37-25-26-38-24-22-36-19-15-30(16-20-36)28-7-11-32(12-8-28)34(3)4;;/h5-20H,21-26H2,1-4H3;2*1H/q+2;;/p-2. The molecule has 4 rings (SSSR count). The summed E-state index contributed by atoms with van der Waals surface area (Å²) in [6.07, 6.45) is 8.43. The zero-order chi connectivity index (χ0) is 26.7. The minimum Gasteiger partial charge on any atom is -1.00 e. The molecule has 0 amide bonds. The summed E-state index contributed by atoms with van der Waals surface area (Å²) < 4.78 is 15.8. The molecule has 0 radical (unpaired) electrons. The highest BCUT2D eigenvalue weighted by atomic mass is 79.9. The molecule has 2 aromatic heterocycles. The molecule has 214 valence electrons. The Morgan fingerprint density at radius 3 is 1.05 bits per heavy atom. The van der Waals surface area contributed by atoms with Crippen molar-refractivity contribution in [3.63, 3.8) is 0 Å². The van der Waals surface area contributed by atoms with Gasteiger partial charge < -0.3 is 53.2 Å². The summed E-state index contributed by atoms with van der Waals surface area (Å²) >= 11 is 0. The molecule has 8 heteroatoms. The zero-order valence-corrected chi connectivity index (χ0v) is 27.0. The predicted octanol–water partition coefficient (Wildman–Crippen LogP) is -1.53. The average Bonchev–Trinajstić information content (AvgIpc) is 2.95. The van der Waals surface area contributed by atoms with E-state index in [0.29, 0.717) is 26.4 Å². The Hall–Kier alpha value is -2.78. The van der Waals surface area contributed by atoms with Crippen LogP contribution in [0.1, 0.15) is 0 Å². The number of halogens is 2. The highest BCUT2D eigenvalue weighted by Gasteiger charge is 2.06. The topological polar surface area (TPSA) is 32.7 Å². The highest BCUT2D eigenvalue weighted by Crippen LogP contribution is 2.22. The third-order valence-electron chi connectivity index (χ3n) is 6.58. The number of hydrogen-bond acceptors (Lipinski definition) is 4. The largest absolute Gasteiger partial charge is 1.00 e. The van der Waals surface area contributed by atoms with Crippen LogP contribution in [0.4, 0.5) is 11.4 Å². The van der Waals surface area contributed by atoms with E-state index in [-0.39, 0.29) is 34.0 Å². The van der Waals surface area contributed by atoms with E-state index in [9.17, 15) is 0 Å². The Balaban J connectivity index is 0.00000280. The number of ether oxygens (including phenoxy) is 2. The first-order chi connectivity index (χ1) is 18.5. The van der Waals surface area contributed by atoms with Crippen molar-refractivity contribution < 1.29 is 52.6 Å². The van der Waals surface area contributed by atoms with Gasteiger partial charge in [-0.2, -0.15) is 0 Å². The molecular weight excluding hydrogens is 632 g/mol. The fraction of sp³-hybridized carbons (Fsp3) is 0.312. The number of hydrogen-bond donors (Lipinski definition) is 0. The molecule has 0 aliphatic rings. The van der Waals surface area contributed by atoms with Crippen LogP contribution in [0.5, 0.6) is 0 Å². The van der Waals surface area contributed by atoms with Crippen molar-refractivity contribution in [1.82, 2.24) is 0 Å². The molecule has 4 aromatic rings. The molecule has 0 spiro atoms. The van der Waals surface area contributed by atoms with Gasteiger partial charge in [0.1, 0.15) is 13.2 Å². The molecule has 0 aliphatic carbocycles. The van der Waals surface area contributed by atoms with E-state index in [0.717, 1.165) is 13.1 Å². The number of rotatable bonds is 13. The third kappa shape index (κ3) is 10.0.